The van der Waals surface area contributed by atoms with Gasteiger partial charge < -0.3 is 14.2 Å². The van der Waals surface area contributed by atoms with Crippen LogP contribution in [0.4, 0.5) is 34.1 Å². The first kappa shape index (κ1) is 30.7. The van der Waals surface area contributed by atoms with Gasteiger partial charge in [0.1, 0.15) is 11.2 Å². The third-order valence-corrected chi connectivity index (χ3v) is 10.1. The Kier molecular flexibility index (Phi) is 7.36. The van der Waals surface area contributed by atoms with Crippen molar-refractivity contribution in [3.8, 4) is 0 Å². The van der Waals surface area contributed by atoms with E-state index in [9.17, 15) is 0 Å². The Morgan fingerprint density at radius 2 is 0.706 bits per heavy atom. The number of nitrogens with zero attached hydrogens (tertiary/aromatic N) is 2. The fourth-order valence-corrected chi connectivity index (χ4v) is 7.45. The minimum absolute atomic E-state index is 0.900. The third-order valence-electron chi connectivity index (χ3n) is 10.1. The van der Waals surface area contributed by atoms with Crippen LogP contribution in [0.25, 0.3) is 43.5 Å². The highest BCUT2D eigenvalue weighted by Gasteiger charge is 2.24. The Morgan fingerprint density at radius 3 is 1.12 bits per heavy atom. The van der Waals surface area contributed by atoms with Crippen LogP contribution in [0.3, 0.4) is 0 Å². The molecule has 0 aliphatic rings. The number of furan rings is 1. The zero-order valence-corrected chi connectivity index (χ0v) is 29.3. The van der Waals surface area contributed by atoms with Gasteiger partial charge in [-0.3, -0.25) is 0 Å². The second-order valence-electron chi connectivity index (χ2n) is 13.8. The van der Waals surface area contributed by atoms with Crippen LogP contribution < -0.4 is 9.80 Å². The molecule has 0 amide bonds. The highest BCUT2D eigenvalue weighted by molar-refractivity contribution is 6.25. The molecule has 0 spiro atoms. The number of benzene rings is 8. The fraction of sp³-hybridized carbons (Fsp3) is 0.0833. The van der Waals surface area contributed by atoms with Crippen molar-refractivity contribution >= 4 is 77.6 Å². The van der Waals surface area contributed by atoms with Gasteiger partial charge in [0.05, 0.1) is 11.4 Å². The van der Waals surface area contributed by atoms with Crippen molar-refractivity contribution in [2.24, 2.45) is 0 Å². The highest BCUT2D eigenvalue weighted by Crippen LogP contribution is 2.48. The highest BCUT2D eigenvalue weighted by atomic mass is 16.3. The van der Waals surface area contributed by atoms with E-state index in [1.165, 1.54) is 22.3 Å². The Balaban J connectivity index is 1.39. The van der Waals surface area contributed by atoms with Crippen molar-refractivity contribution in [3.05, 3.63) is 180 Å². The molecule has 0 atom stereocenters. The van der Waals surface area contributed by atoms with Gasteiger partial charge in [-0.25, -0.2) is 0 Å². The average Bonchev–Trinajstić information content (AvgIpc) is 3.53. The lowest BCUT2D eigenvalue weighted by Crippen LogP contribution is -2.11. The minimum Gasteiger partial charge on any atom is -0.455 e. The van der Waals surface area contributed by atoms with Gasteiger partial charge in [0.25, 0.3) is 0 Å². The standard InChI is InChI=1S/C48H38N2O/c1-31-16-22-35(23-17-31)49(36-24-18-32(2)19-25-36)45-29-43-44-30-46(50(37-26-20-33(3)21-27-37)38-11-9-10-34(4)28-38)40-13-6-8-15-42(40)48(44)51-47(43)41-14-7-5-12-39(41)45/h5-30H,1-4H3. The van der Waals surface area contributed by atoms with E-state index in [-0.39, 0.29) is 0 Å². The van der Waals surface area contributed by atoms with Crippen LogP contribution >= 0.6 is 0 Å². The second kappa shape index (κ2) is 12.2. The van der Waals surface area contributed by atoms with E-state index < -0.39 is 0 Å². The topological polar surface area (TPSA) is 19.6 Å². The zero-order chi connectivity index (χ0) is 34.6. The summed E-state index contributed by atoms with van der Waals surface area (Å²) in [6.45, 7) is 8.57. The molecule has 0 bridgehead atoms. The zero-order valence-electron chi connectivity index (χ0n) is 29.3. The lowest BCUT2D eigenvalue weighted by Gasteiger charge is -2.28. The summed E-state index contributed by atoms with van der Waals surface area (Å²) in [4.78, 5) is 4.77. The van der Waals surface area contributed by atoms with Gasteiger partial charge in [-0.2, -0.15) is 0 Å². The van der Waals surface area contributed by atoms with Gasteiger partial charge in [-0.1, -0.05) is 114 Å². The van der Waals surface area contributed by atoms with Crippen LogP contribution in [0.5, 0.6) is 0 Å². The molecule has 9 rings (SSSR count). The fourth-order valence-electron chi connectivity index (χ4n) is 7.45. The van der Waals surface area contributed by atoms with Crippen LogP contribution in [0, 0.1) is 27.7 Å². The largest absolute Gasteiger partial charge is 0.455 e. The Labute approximate surface area is 298 Å². The van der Waals surface area contributed by atoms with Crippen LogP contribution in [0.2, 0.25) is 0 Å². The van der Waals surface area contributed by atoms with Crippen LogP contribution in [0.1, 0.15) is 22.3 Å². The minimum atomic E-state index is 0.900. The van der Waals surface area contributed by atoms with Gasteiger partial charge in [0, 0.05) is 55.1 Å². The van der Waals surface area contributed by atoms with Gasteiger partial charge in [0.15, 0.2) is 0 Å². The van der Waals surface area contributed by atoms with Gasteiger partial charge in [0.2, 0.25) is 0 Å². The first-order valence-electron chi connectivity index (χ1n) is 17.6. The smallest absolute Gasteiger partial charge is 0.143 e. The van der Waals surface area contributed by atoms with Crippen molar-refractivity contribution < 1.29 is 4.42 Å². The van der Waals surface area contributed by atoms with E-state index >= 15 is 0 Å². The first-order chi connectivity index (χ1) is 24.9. The lowest BCUT2D eigenvalue weighted by molar-refractivity contribution is 0.676. The molecule has 0 saturated carbocycles. The average molecular weight is 659 g/mol. The summed E-state index contributed by atoms with van der Waals surface area (Å²) < 4.78 is 7.00. The van der Waals surface area contributed by atoms with Gasteiger partial charge in [-0.15, -0.1) is 0 Å². The molecule has 0 fully saturated rings. The number of hydrogen-bond acceptors (Lipinski definition) is 3. The van der Waals surface area contributed by atoms with Crippen molar-refractivity contribution in [1.29, 1.82) is 0 Å². The lowest BCUT2D eigenvalue weighted by atomic mass is 9.99. The summed E-state index contributed by atoms with van der Waals surface area (Å²) in [6.07, 6.45) is 0. The number of aryl methyl sites for hydroxylation is 4. The molecule has 51 heavy (non-hydrogen) atoms. The van der Waals surface area contributed by atoms with E-state index in [1.54, 1.807) is 0 Å². The van der Waals surface area contributed by atoms with Gasteiger partial charge in [-0.05, 0) is 93.9 Å². The van der Waals surface area contributed by atoms with Crippen LogP contribution in [-0.2, 0) is 0 Å². The summed E-state index contributed by atoms with van der Waals surface area (Å²) in [7, 11) is 0. The molecule has 246 valence electrons. The molecule has 0 aliphatic carbocycles. The Morgan fingerprint density at radius 1 is 0.314 bits per heavy atom. The molecule has 0 unspecified atom stereocenters. The van der Waals surface area contributed by atoms with Crippen LogP contribution in [-0.4, -0.2) is 0 Å². The van der Waals surface area contributed by atoms with E-state index in [2.05, 4.69) is 195 Å². The number of fused-ring (bicyclic) bond motifs is 7. The van der Waals surface area contributed by atoms with E-state index in [1.807, 2.05) is 0 Å². The molecule has 9 aromatic rings. The summed E-state index contributed by atoms with van der Waals surface area (Å²) in [6, 6.07) is 57.2. The molecule has 1 heterocycles. The maximum Gasteiger partial charge on any atom is 0.143 e. The van der Waals surface area contributed by atoms with Crippen LogP contribution in [0.15, 0.2) is 162 Å². The normalized spacial score (nSPS) is 11.5. The summed E-state index contributed by atoms with van der Waals surface area (Å²) in [5, 5.41) is 6.62. The van der Waals surface area contributed by atoms with E-state index in [0.717, 1.165) is 77.6 Å². The van der Waals surface area contributed by atoms with E-state index in [0.29, 0.717) is 0 Å². The molecule has 3 heteroatoms. The Hall–Kier alpha value is -6.32. The number of hydrogen-bond donors (Lipinski definition) is 0. The number of rotatable bonds is 6. The van der Waals surface area contributed by atoms with E-state index in [4.69, 9.17) is 4.42 Å². The molecule has 0 N–H and O–H groups in total. The molecule has 0 aliphatic heterocycles. The maximum absolute atomic E-state index is 7.00. The summed E-state index contributed by atoms with van der Waals surface area (Å²) in [5.41, 5.74) is 13.4. The molecular weight excluding hydrogens is 621 g/mol. The molecule has 8 aromatic carbocycles. The predicted octanol–water partition coefficient (Wildman–Crippen LogP) is 14.1. The third kappa shape index (κ3) is 5.30. The second-order valence-corrected chi connectivity index (χ2v) is 13.8. The van der Waals surface area contributed by atoms with Gasteiger partial charge >= 0.3 is 0 Å². The quantitative estimate of drug-likeness (QED) is 0.177. The van der Waals surface area contributed by atoms with Crippen molar-refractivity contribution in [1.82, 2.24) is 0 Å². The molecule has 1 aromatic heterocycles. The SMILES string of the molecule is Cc1ccc(N(c2ccc(C)cc2)c2cc3c4cc(N(c5ccc(C)cc5)c5cccc(C)c5)c5ccccc5c4oc3c3ccccc23)cc1. The summed E-state index contributed by atoms with van der Waals surface area (Å²) in [5.74, 6) is 0. The maximum atomic E-state index is 7.00. The summed E-state index contributed by atoms with van der Waals surface area (Å²) >= 11 is 0. The number of anilines is 6. The van der Waals surface area contributed by atoms with Crippen molar-refractivity contribution in [2.75, 3.05) is 9.80 Å². The first-order valence-corrected chi connectivity index (χ1v) is 17.6. The predicted molar refractivity (Wildman–Crippen MR) is 217 cm³/mol. The Bertz CT molecular complexity index is 2680. The molecule has 0 saturated heterocycles. The molecule has 0 radical (unpaired) electrons. The van der Waals surface area contributed by atoms with Crippen molar-refractivity contribution in [3.63, 3.8) is 0 Å². The van der Waals surface area contributed by atoms with Crippen molar-refractivity contribution in [2.45, 2.75) is 27.7 Å². The molecular formula is C48H38N2O. The molecule has 3 nitrogen and oxygen atoms in total. The monoisotopic (exact) mass is 658 g/mol.